The van der Waals surface area contributed by atoms with Gasteiger partial charge in [-0.2, -0.15) is 0 Å². The number of amides is 2. The first-order chi connectivity index (χ1) is 11.4. The van der Waals surface area contributed by atoms with Crippen LogP contribution in [-0.2, 0) is 16.6 Å². The fourth-order valence-electron chi connectivity index (χ4n) is 2.90. The lowest BCUT2D eigenvalue weighted by molar-refractivity contribution is 0.193. The van der Waals surface area contributed by atoms with Crippen molar-refractivity contribution in [1.82, 2.24) is 10.2 Å². The lowest BCUT2D eigenvalue weighted by Gasteiger charge is -2.24. The number of sulfonamides is 1. The molecule has 1 aliphatic rings. The number of carbonyl (C=O) groups excluding carboxylic acids is 1. The van der Waals surface area contributed by atoms with Gasteiger partial charge in [-0.15, -0.1) is 11.3 Å². The maximum absolute atomic E-state index is 12.5. The van der Waals surface area contributed by atoms with Crippen molar-refractivity contribution in [2.45, 2.75) is 30.3 Å². The Bertz CT molecular complexity index is 819. The minimum atomic E-state index is -3.74. The normalized spacial score (nSPS) is 17.9. The number of urea groups is 1. The van der Waals surface area contributed by atoms with E-state index >= 15 is 0 Å². The lowest BCUT2D eigenvalue weighted by Crippen LogP contribution is -2.38. The Labute approximate surface area is 145 Å². The van der Waals surface area contributed by atoms with Crippen LogP contribution >= 0.6 is 11.3 Å². The van der Waals surface area contributed by atoms with E-state index < -0.39 is 10.0 Å². The van der Waals surface area contributed by atoms with Crippen LogP contribution in [0.2, 0.25) is 0 Å². The van der Waals surface area contributed by atoms with Gasteiger partial charge < -0.3 is 10.2 Å². The average molecular weight is 365 g/mol. The van der Waals surface area contributed by atoms with Crippen molar-refractivity contribution in [2.75, 3.05) is 6.54 Å². The molecule has 1 aliphatic heterocycles. The van der Waals surface area contributed by atoms with Gasteiger partial charge in [-0.25, -0.2) is 18.4 Å². The highest BCUT2D eigenvalue weighted by molar-refractivity contribution is 7.89. The van der Waals surface area contributed by atoms with Gasteiger partial charge in [0.25, 0.3) is 0 Å². The topological polar surface area (TPSA) is 92.5 Å². The molecule has 3 N–H and O–H groups in total. The van der Waals surface area contributed by atoms with Gasteiger partial charge in [-0.3, -0.25) is 0 Å². The summed E-state index contributed by atoms with van der Waals surface area (Å²) in [6.45, 7) is 0.988. The number of nitrogens with zero attached hydrogens (tertiary/aromatic N) is 1. The molecule has 24 heavy (non-hydrogen) atoms. The minimum Gasteiger partial charge on any atom is -0.334 e. The van der Waals surface area contributed by atoms with Crippen LogP contribution in [0.15, 0.2) is 46.7 Å². The molecule has 1 atom stereocenters. The molecular weight excluding hydrogens is 346 g/mol. The molecular formula is C16H19N3O3S2. The zero-order chi connectivity index (χ0) is 17.2. The van der Waals surface area contributed by atoms with Gasteiger partial charge in [-0.1, -0.05) is 18.2 Å². The number of nitrogens with two attached hydrogens (primary N) is 1. The molecule has 128 valence electrons. The van der Waals surface area contributed by atoms with E-state index in [4.69, 9.17) is 5.14 Å². The molecule has 3 rings (SSSR count). The van der Waals surface area contributed by atoms with Crippen LogP contribution in [0.5, 0.6) is 0 Å². The van der Waals surface area contributed by atoms with E-state index in [0.29, 0.717) is 5.56 Å². The number of hydrogen-bond donors (Lipinski definition) is 2. The molecule has 1 aromatic carbocycles. The first kappa shape index (κ1) is 16.9. The standard InChI is InChI=1S/C16H19N3O3S2/c17-24(21,22)13-5-1-4-12(10-13)11-18-16(20)19-8-2-6-14(19)15-7-3-9-23-15/h1,3-5,7,9-10,14H,2,6,8,11H2,(H,18,20)(H2,17,21,22). The monoisotopic (exact) mass is 365 g/mol. The molecule has 2 heterocycles. The fraction of sp³-hybridized carbons (Fsp3) is 0.312. The molecule has 0 radical (unpaired) electrons. The summed E-state index contributed by atoms with van der Waals surface area (Å²) in [7, 11) is -3.74. The van der Waals surface area contributed by atoms with Gasteiger partial charge in [0.2, 0.25) is 10.0 Å². The first-order valence-corrected chi connectivity index (χ1v) is 10.1. The van der Waals surface area contributed by atoms with Crippen LogP contribution in [0, 0.1) is 0 Å². The average Bonchev–Trinajstić information content (AvgIpc) is 3.22. The first-order valence-electron chi connectivity index (χ1n) is 7.65. The van der Waals surface area contributed by atoms with Crippen LogP contribution in [0.3, 0.4) is 0 Å². The molecule has 0 saturated carbocycles. The van der Waals surface area contributed by atoms with Gasteiger partial charge in [0.05, 0.1) is 10.9 Å². The van der Waals surface area contributed by atoms with Crippen LogP contribution in [0.25, 0.3) is 0 Å². The van der Waals surface area contributed by atoms with Crippen LogP contribution in [-0.4, -0.2) is 25.9 Å². The quantitative estimate of drug-likeness (QED) is 0.871. The molecule has 0 spiro atoms. The summed E-state index contributed by atoms with van der Waals surface area (Å²) in [6, 6.07) is 10.3. The maximum atomic E-state index is 12.5. The van der Waals surface area contributed by atoms with Gasteiger partial charge in [0, 0.05) is 18.0 Å². The van der Waals surface area contributed by atoms with Crippen molar-refractivity contribution < 1.29 is 13.2 Å². The third-order valence-electron chi connectivity index (χ3n) is 4.06. The Morgan fingerprint density at radius 3 is 2.88 bits per heavy atom. The molecule has 0 aliphatic carbocycles. The molecule has 1 unspecified atom stereocenters. The number of thiophene rings is 1. The zero-order valence-corrected chi connectivity index (χ0v) is 14.6. The molecule has 1 fully saturated rings. The Hall–Kier alpha value is -1.90. The molecule has 1 saturated heterocycles. The third-order valence-corrected chi connectivity index (χ3v) is 5.94. The highest BCUT2D eigenvalue weighted by atomic mass is 32.2. The summed E-state index contributed by atoms with van der Waals surface area (Å²) in [6.07, 6.45) is 1.95. The molecule has 2 amide bonds. The van der Waals surface area contributed by atoms with Gasteiger partial charge >= 0.3 is 6.03 Å². The predicted molar refractivity (Wildman–Crippen MR) is 93.1 cm³/mol. The second-order valence-electron chi connectivity index (χ2n) is 5.72. The summed E-state index contributed by atoms with van der Waals surface area (Å²) >= 11 is 1.66. The van der Waals surface area contributed by atoms with E-state index in [9.17, 15) is 13.2 Å². The predicted octanol–water partition coefficient (Wildman–Crippen LogP) is 2.44. The van der Waals surface area contributed by atoms with Crippen LogP contribution < -0.4 is 10.5 Å². The van der Waals surface area contributed by atoms with Crippen molar-refractivity contribution in [2.24, 2.45) is 5.14 Å². The highest BCUT2D eigenvalue weighted by Crippen LogP contribution is 2.34. The Morgan fingerprint density at radius 2 is 2.17 bits per heavy atom. The van der Waals surface area contributed by atoms with Crippen molar-refractivity contribution in [3.63, 3.8) is 0 Å². The maximum Gasteiger partial charge on any atom is 0.318 e. The van der Waals surface area contributed by atoms with Gasteiger partial charge in [0.1, 0.15) is 0 Å². The van der Waals surface area contributed by atoms with Crippen molar-refractivity contribution >= 4 is 27.4 Å². The largest absolute Gasteiger partial charge is 0.334 e. The summed E-state index contributed by atoms with van der Waals surface area (Å²) in [5.74, 6) is 0. The highest BCUT2D eigenvalue weighted by Gasteiger charge is 2.30. The molecule has 0 bridgehead atoms. The second kappa shape index (κ2) is 6.92. The summed E-state index contributed by atoms with van der Waals surface area (Å²) in [5, 5.41) is 10.0. The number of likely N-dealkylation sites (tertiary alicyclic amines) is 1. The SMILES string of the molecule is NS(=O)(=O)c1cccc(CNC(=O)N2CCCC2c2cccs2)c1. The lowest BCUT2D eigenvalue weighted by atomic mass is 10.2. The van der Waals surface area contributed by atoms with E-state index in [0.717, 1.165) is 19.4 Å². The van der Waals surface area contributed by atoms with E-state index in [1.807, 2.05) is 16.3 Å². The van der Waals surface area contributed by atoms with E-state index in [2.05, 4.69) is 11.4 Å². The molecule has 6 nitrogen and oxygen atoms in total. The van der Waals surface area contributed by atoms with Crippen LogP contribution in [0.4, 0.5) is 4.79 Å². The molecule has 1 aromatic heterocycles. The summed E-state index contributed by atoms with van der Waals surface area (Å²) in [5.41, 5.74) is 0.696. The van der Waals surface area contributed by atoms with Gasteiger partial charge in [0.15, 0.2) is 0 Å². The minimum absolute atomic E-state index is 0.0480. The Balaban J connectivity index is 1.65. The van der Waals surface area contributed by atoms with E-state index in [-0.39, 0.29) is 23.5 Å². The number of rotatable bonds is 4. The zero-order valence-electron chi connectivity index (χ0n) is 13.0. The summed E-state index contributed by atoms with van der Waals surface area (Å²) < 4.78 is 22.8. The fourth-order valence-corrected chi connectivity index (χ4v) is 4.36. The van der Waals surface area contributed by atoms with Crippen molar-refractivity contribution in [3.05, 3.63) is 52.2 Å². The summed E-state index contributed by atoms with van der Waals surface area (Å²) in [4.78, 5) is 15.6. The number of benzene rings is 1. The second-order valence-corrected chi connectivity index (χ2v) is 8.26. The Kier molecular flexibility index (Phi) is 4.88. The van der Waals surface area contributed by atoms with Crippen molar-refractivity contribution in [3.8, 4) is 0 Å². The molecule has 8 heteroatoms. The smallest absolute Gasteiger partial charge is 0.318 e. The van der Waals surface area contributed by atoms with Crippen molar-refractivity contribution in [1.29, 1.82) is 0 Å². The number of hydrogen-bond acceptors (Lipinski definition) is 4. The van der Waals surface area contributed by atoms with Gasteiger partial charge in [-0.05, 0) is 42.0 Å². The number of primary sulfonamides is 1. The Morgan fingerprint density at radius 1 is 1.33 bits per heavy atom. The number of nitrogens with one attached hydrogen (secondary N) is 1. The molecule has 2 aromatic rings. The van der Waals surface area contributed by atoms with E-state index in [1.54, 1.807) is 23.5 Å². The van der Waals surface area contributed by atoms with E-state index in [1.165, 1.54) is 17.0 Å². The van der Waals surface area contributed by atoms with Crippen LogP contribution in [0.1, 0.15) is 29.3 Å². The number of carbonyl (C=O) groups is 1. The third kappa shape index (κ3) is 3.77.